The second kappa shape index (κ2) is 6.50. The first-order valence-corrected chi connectivity index (χ1v) is 6.23. The summed E-state index contributed by atoms with van der Waals surface area (Å²) in [5.41, 5.74) is 2.00. The lowest BCUT2D eigenvalue weighted by Crippen LogP contribution is -2.22. The van der Waals surface area contributed by atoms with Gasteiger partial charge in [-0.15, -0.1) is 0 Å². The van der Waals surface area contributed by atoms with E-state index in [0.29, 0.717) is 6.42 Å². The molecular formula is C16H17N3. The monoisotopic (exact) mass is 251 g/mol. The highest BCUT2D eigenvalue weighted by Crippen LogP contribution is 2.03. The van der Waals surface area contributed by atoms with Gasteiger partial charge >= 0.3 is 0 Å². The maximum Gasteiger partial charge on any atom is 0.153 e. The van der Waals surface area contributed by atoms with Gasteiger partial charge in [0.25, 0.3) is 0 Å². The zero-order valence-electron chi connectivity index (χ0n) is 10.9. The van der Waals surface area contributed by atoms with Gasteiger partial charge in [0.1, 0.15) is 5.84 Å². The molecule has 3 nitrogen and oxygen atoms in total. The molecule has 0 heterocycles. The molecule has 0 atom stereocenters. The van der Waals surface area contributed by atoms with E-state index in [0.717, 1.165) is 11.4 Å². The fraction of sp³-hybridized carbons (Fsp3) is 0.125. The summed E-state index contributed by atoms with van der Waals surface area (Å²) in [4.78, 5) is 4.35. The van der Waals surface area contributed by atoms with Crippen LogP contribution in [0.15, 0.2) is 65.7 Å². The third-order valence-electron chi connectivity index (χ3n) is 2.80. The van der Waals surface area contributed by atoms with Gasteiger partial charge in [-0.05, 0) is 5.56 Å². The average Bonchev–Trinajstić information content (AvgIpc) is 2.48. The van der Waals surface area contributed by atoms with Crippen molar-refractivity contribution in [2.45, 2.75) is 6.42 Å². The van der Waals surface area contributed by atoms with Crippen molar-refractivity contribution in [2.24, 2.45) is 4.99 Å². The molecule has 0 aliphatic heterocycles. The smallest absolute Gasteiger partial charge is 0.153 e. The highest BCUT2D eigenvalue weighted by molar-refractivity contribution is 6.05. The number of nitrogens with one attached hydrogen (secondary N) is 2. The van der Waals surface area contributed by atoms with Crippen molar-refractivity contribution in [3.05, 3.63) is 71.8 Å². The molecule has 0 bridgehead atoms. The van der Waals surface area contributed by atoms with Crippen molar-refractivity contribution in [3.63, 3.8) is 0 Å². The molecule has 0 unspecified atom stereocenters. The van der Waals surface area contributed by atoms with Crippen LogP contribution in [-0.4, -0.2) is 18.7 Å². The molecule has 19 heavy (non-hydrogen) atoms. The molecule has 2 aromatic carbocycles. The minimum atomic E-state index is 0.279. The molecule has 0 saturated heterocycles. The number of hydrogen-bond acceptors (Lipinski definition) is 1. The van der Waals surface area contributed by atoms with Crippen molar-refractivity contribution in [1.82, 2.24) is 5.32 Å². The SMILES string of the molecule is CN/C(Cc1ccccc1)=N\C(=N)c1ccccc1. The Balaban J connectivity index is 2.13. The van der Waals surface area contributed by atoms with Crippen LogP contribution in [0, 0.1) is 5.41 Å². The van der Waals surface area contributed by atoms with Crippen molar-refractivity contribution in [2.75, 3.05) is 7.05 Å². The normalized spacial score (nSPS) is 11.1. The molecular weight excluding hydrogens is 234 g/mol. The molecule has 2 rings (SSSR count). The van der Waals surface area contributed by atoms with Crippen molar-refractivity contribution in [1.29, 1.82) is 5.41 Å². The zero-order chi connectivity index (χ0) is 13.5. The van der Waals surface area contributed by atoms with E-state index >= 15 is 0 Å². The Kier molecular flexibility index (Phi) is 4.45. The maximum atomic E-state index is 8.00. The molecule has 0 aromatic heterocycles. The fourth-order valence-electron chi connectivity index (χ4n) is 1.77. The Labute approximate surface area is 113 Å². The van der Waals surface area contributed by atoms with Crippen molar-refractivity contribution in [3.8, 4) is 0 Å². The van der Waals surface area contributed by atoms with Crippen LogP contribution in [0.25, 0.3) is 0 Å². The van der Waals surface area contributed by atoms with Crippen molar-refractivity contribution < 1.29 is 0 Å². The van der Waals surface area contributed by atoms with E-state index in [4.69, 9.17) is 5.41 Å². The molecule has 0 aliphatic rings. The predicted octanol–water partition coefficient (Wildman–Crippen LogP) is 2.87. The minimum absolute atomic E-state index is 0.279. The number of aliphatic imine (C=N–C) groups is 1. The summed E-state index contributed by atoms with van der Waals surface area (Å²) in [5, 5.41) is 11.1. The lowest BCUT2D eigenvalue weighted by atomic mass is 10.1. The van der Waals surface area contributed by atoms with Crippen molar-refractivity contribution >= 4 is 11.7 Å². The second-order valence-corrected chi connectivity index (χ2v) is 4.19. The van der Waals surface area contributed by atoms with Crippen LogP contribution >= 0.6 is 0 Å². The van der Waals surface area contributed by atoms with Gasteiger partial charge in [-0.1, -0.05) is 60.7 Å². The molecule has 0 radical (unpaired) electrons. The van der Waals surface area contributed by atoms with Gasteiger partial charge in [0.05, 0.1) is 0 Å². The first kappa shape index (κ1) is 13.0. The van der Waals surface area contributed by atoms with E-state index < -0.39 is 0 Å². The Morgan fingerprint density at radius 3 is 2.16 bits per heavy atom. The third-order valence-corrected chi connectivity index (χ3v) is 2.80. The van der Waals surface area contributed by atoms with Gasteiger partial charge in [0.2, 0.25) is 0 Å². The molecule has 0 aliphatic carbocycles. The Bertz CT molecular complexity index is 559. The number of likely N-dealkylation sites (N-methyl/N-ethyl adjacent to an activating group) is 1. The van der Waals surface area contributed by atoms with E-state index in [-0.39, 0.29) is 5.84 Å². The van der Waals surface area contributed by atoms with Crippen LogP contribution in [0.3, 0.4) is 0 Å². The van der Waals surface area contributed by atoms with Gasteiger partial charge in [-0.3, -0.25) is 5.41 Å². The van der Waals surface area contributed by atoms with Gasteiger partial charge in [0, 0.05) is 19.0 Å². The van der Waals surface area contributed by atoms with E-state index in [2.05, 4.69) is 22.4 Å². The summed E-state index contributed by atoms with van der Waals surface area (Å²) in [5.74, 6) is 1.07. The first-order valence-electron chi connectivity index (χ1n) is 6.23. The van der Waals surface area contributed by atoms with Gasteiger partial charge in [-0.2, -0.15) is 0 Å². The van der Waals surface area contributed by atoms with Gasteiger partial charge < -0.3 is 5.32 Å². The summed E-state index contributed by atoms with van der Waals surface area (Å²) in [6.45, 7) is 0. The van der Waals surface area contributed by atoms with E-state index in [1.807, 2.05) is 55.6 Å². The lowest BCUT2D eigenvalue weighted by molar-refractivity contribution is 1.10. The number of rotatable bonds is 3. The second-order valence-electron chi connectivity index (χ2n) is 4.19. The quantitative estimate of drug-likeness (QED) is 0.639. The van der Waals surface area contributed by atoms with E-state index in [1.54, 1.807) is 0 Å². The third kappa shape index (κ3) is 3.78. The number of benzene rings is 2. The van der Waals surface area contributed by atoms with Crippen LogP contribution in [0.5, 0.6) is 0 Å². The van der Waals surface area contributed by atoms with Crippen LogP contribution in [0.2, 0.25) is 0 Å². The summed E-state index contributed by atoms with van der Waals surface area (Å²) < 4.78 is 0. The zero-order valence-corrected chi connectivity index (χ0v) is 10.9. The van der Waals surface area contributed by atoms with E-state index in [9.17, 15) is 0 Å². The van der Waals surface area contributed by atoms with Crippen LogP contribution < -0.4 is 5.32 Å². The van der Waals surface area contributed by atoms with Crippen LogP contribution in [-0.2, 0) is 6.42 Å². The lowest BCUT2D eigenvalue weighted by Gasteiger charge is -2.06. The molecule has 0 saturated carbocycles. The topological polar surface area (TPSA) is 48.2 Å². The molecule has 3 heteroatoms. The summed E-state index contributed by atoms with van der Waals surface area (Å²) >= 11 is 0. The Hall–Kier alpha value is -2.42. The van der Waals surface area contributed by atoms with Crippen LogP contribution in [0.4, 0.5) is 0 Å². The molecule has 0 amide bonds. The molecule has 2 aromatic rings. The standard InChI is InChI=1S/C16H17N3/c1-18-15(12-13-8-4-2-5-9-13)19-16(17)14-10-6-3-7-11-14/h2-11H,12H2,1H3,(H2,17,18,19). The number of hydrogen-bond donors (Lipinski definition) is 2. The summed E-state index contributed by atoms with van der Waals surface area (Å²) in [6, 6.07) is 19.7. The van der Waals surface area contributed by atoms with E-state index in [1.165, 1.54) is 5.56 Å². The summed E-state index contributed by atoms with van der Waals surface area (Å²) in [6.07, 6.45) is 0.701. The molecule has 96 valence electrons. The highest BCUT2D eigenvalue weighted by atomic mass is 15.0. The van der Waals surface area contributed by atoms with Crippen LogP contribution in [0.1, 0.15) is 11.1 Å². The Morgan fingerprint density at radius 2 is 1.58 bits per heavy atom. The molecule has 0 spiro atoms. The number of nitrogens with zero attached hydrogens (tertiary/aromatic N) is 1. The largest absolute Gasteiger partial charge is 0.376 e. The van der Waals surface area contributed by atoms with Gasteiger partial charge in [0.15, 0.2) is 5.84 Å². The first-order chi connectivity index (χ1) is 9.29. The maximum absolute atomic E-state index is 8.00. The predicted molar refractivity (Wildman–Crippen MR) is 79.9 cm³/mol. The Morgan fingerprint density at radius 1 is 1.00 bits per heavy atom. The van der Waals surface area contributed by atoms with Gasteiger partial charge in [-0.25, -0.2) is 4.99 Å². The fourth-order valence-corrected chi connectivity index (χ4v) is 1.77. The highest BCUT2D eigenvalue weighted by Gasteiger charge is 2.03. The average molecular weight is 251 g/mol. The number of amidine groups is 2. The minimum Gasteiger partial charge on any atom is -0.376 e. The molecule has 2 N–H and O–H groups in total. The molecule has 0 fully saturated rings. The summed E-state index contributed by atoms with van der Waals surface area (Å²) in [7, 11) is 1.83.